The molecule has 1 amide bonds. The zero-order valence-corrected chi connectivity index (χ0v) is 21.1. The number of carbonyl (C=O) groups excluding carboxylic acids is 1. The Morgan fingerprint density at radius 3 is 2.34 bits per heavy atom. The number of nitrogens with zero attached hydrogens (tertiary/aromatic N) is 5. The van der Waals surface area contributed by atoms with Gasteiger partial charge in [-0.3, -0.25) is 14.3 Å². The summed E-state index contributed by atoms with van der Waals surface area (Å²) in [5, 5.41) is 13.5. The first-order valence-corrected chi connectivity index (χ1v) is 12.3. The van der Waals surface area contributed by atoms with Gasteiger partial charge < -0.3 is 0 Å². The fourth-order valence-electron chi connectivity index (χ4n) is 3.39. The maximum atomic E-state index is 12.5. The number of thioether (sulfide) groups is 1. The summed E-state index contributed by atoms with van der Waals surface area (Å²) in [7, 11) is 0. The number of aromatic nitrogens is 4. The van der Waals surface area contributed by atoms with Gasteiger partial charge in [-0.2, -0.15) is 5.10 Å². The van der Waals surface area contributed by atoms with E-state index in [1.807, 2.05) is 60.0 Å². The largest absolute Gasteiger partial charge is 0.272 e. The highest BCUT2D eigenvalue weighted by Crippen LogP contribution is 2.28. The van der Waals surface area contributed by atoms with Crippen molar-refractivity contribution in [1.82, 2.24) is 25.2 Å². The molecule has 2 aromatic heterocycles. The molecule has 0 bridgehead atoms. The van der Waals surface area contributed by atoms with E-state index in [0.29, 0.717) is 11.0 Å². The number of hydrogen-bond donors (Lipinski definition) is 1. The lowest BCUT2D eigenvalue weighted by molar-refractivity contribution is -0.118. The first-order chi connectivity index (χ1) is 16.8. The molecule has 2 aromatic carbocycles. The lowest BCUT2D eigenvalue weighted by atomic mass is 9.87. The number of amides is 1. The van der Waals surface area contributed by atoms with E-state index in [0.717, 1.165) is 22.4 Å². The second-order valence-corrected chi connectivity index (χ2v) is 10.1. The van der Waals surface area contributed by atoms with Crippen LogP contribution in [0.4, 0.5) is 0 Å². The third-order valence-electron chi connectivity index (χ3n) is 5.38. The molecule has 0 spiro atoms. The van der Waals surface area contributed by atoms with Gasteiger partial charge in [-0.15, -0.1) is 10.2 Å². The van der Waals surface area contributed by atoms with Crippen molar-refractivity contribution in [2.24, 2.45) is 5.10 Å². The molecule has 0 aliphatic heterocycles. The van der Waals surface area contributed by atoms with E-state index in [1.54, 1.807) is 18.6 Å². The van der Waals surface area contributed by atoms with Crippen LogP contribution in [0.15, 0.2) is 83.3 Å². The summed E-state index contributed by atoms with van der Waals surface area (Å²) >= 11 is 1.31. The lowest BCUT2D eigenvalue weighted by Crippen LogP contribution is -2.20. The maximum absolute atomic E-state index is 12.5. The second-order valence-electron chi connectivity index (χ2n) is 9.17. The van der Waals surface area contributed by atoms with Crippen LogP contribution in [0.1, 0.15) is 37.5 Å². The molecule has 0 unspecified atom stereocenters. The Morgan fingerprint density at radius 2 is 1.69 bits per heavy atom. The number of rotatable bonds is 7. The zero-order chi connectivity index (χ0) is 24.8. The Kier molecular flexibility index (Phi) is 7.41. The van der Waals surface area contributed by atoms with E-state index >= 15 is 0 Å². The number of hydrazone groups is 1. The van der Waals surface area contributed by atoms with Gasteiger partial charge in [0, 0.05) is 23.6 Å². The smallest absolute Gasteiger partial charge is 0.250 e. The topological polar surface area (TPSA) is 85.1 Å². The first-order valence-electron chi connectivity index (χ1n) is 11.3. The van der Waals surface area contributed by atoms with Crippen molar-refractivity contribution in [2.75, 3.05) is 5.75 Å². The van der Waals surface area contributed by atoms with Crippen LogP contribution in [-0.4, -0.2) is 37.6 Å². The van der Waals surface area contributed by atoms with Crippen LogP contribution in [0.5, 0.6) is 0 Å². The number of pyridine rings is 1. The van der Waals surface area contributed by atoms with E-state index in [1.165, 1.54) is 17.3 Å². The summed E-state index contributed by atoms with van der Waals surface area (Å²) < 4.78 is 1.95. The molecule has 0 atom stereocenters. The molecule has 0 saturated heterocycles. The van der Waals surface area contributed by atoms with Crippen molar-refractivity contribution in [3.63, 3.8) is 0 Å². The maximum Gasteiger partial charge on any atom is 0.250 e. The van der Waals surface area contributed by atoms with E-state index in [9.17, 15) is 4.79 Å². The van der Waals surface area contributed by atoms with Gasteiger partial charge in [-0.05, 0) is 47.7 Å². The molecule has 0 aliphatic rings. The molecule has 0 saturated carbocycles. The number of carbonyl (C=O) groups is 1. The Hall–Kier alpha value is -3.78. The summed E-state index contributed by atoms with van der Waals surface area (Å²) in [5.74, 6) is 0.623. The monoisotopic (exact) mass is 484 g/mol. The molecule has 4 aromatic rings. The minimum absolute atomic E-state index is 0.0948. The van der Waals surface area contributed by atoms with Gasteiger partial charge in [0.25, 0.3) is 5.91 Å². The SMILES string of the molecule is Cc1ccc(-n2c(SCC(=O)NN=Cc3ccc(C(C)(C)C)cc3)nnc2-c2ccncc2)cc1. The quantitative estimate of drug-likeness (QED) is 0.222. The van der Waals surface area contributed by atoms with Crippen LogP contribution in [0.3, 0.4) is 0 Å². The van der Waals surface area contributed by atoms with Gasteiger partial charge in [0.05, 0.1) is 12.0 Å². The van der Waals surface area contributed by atoms with Crippen LogP contribution >= 0.6 is 11.8 Å². The molecule has 2 heterocycles. The third kappa shape index (κ3) is 6.22. The molecule has 0 fully saturated rings. The molecule has 8 heteroatoms. The van der Waals surface area contributed by atoms with Gasteiger partial charge in [0.1, 0.15) is 0 Å². The molecule has 1 N–H and O–H groups in total. The second kappa shape index (κ2) is 10.7. The van der Waals surface area contributed by atoms with E-state index in [2.05, 4.69) is 58.6 Å². The number of nitrogens with one attached hydrogen (secondary N) is 1. The Morgan fingerprint density at radius 1 is 1.00 bits per heavy atom. The Bertz CT molecular complexity index is 1310. The average molecular weight is 485 g/mol. The minimum atomic E-state index is -0.221. The highest BCUT2D eigenvalue weighted by molar-refractivity contribution is 7.99. The summed E-state index contributed by atoms with van der Waals surface area (Å²) in [6.45, 7) is 8.56. The van der Waals surface area contributed by atoms with E-state index in [4.69, 9.17) is 0 Å². The summed E-state index contributed by atoms with van der Waals surface area (Å²) in [4.78, 5) is 16.5. The average Bonchev–Trinajstić information content (AvgIpc) is 3.27. The van der Waals surface area contributed by atoms with Crippen molar-refractivity contribution in [3.05, 3.63) is 89.7 Å². The van der Waals surface area contributed by atoms with Crippen LogP contribution in [0.25, 0.3) is 17.1 Å². The Labute approximate surface area is 209 Å². The molecule has 178 valence electrons. The van der Waals surface area contributed by atoms with Crippen LogP contribution in [0.2, 0.25) is 0 Å². The van der Waals surface area contributed by atoms with E-state index in [-0.39, 0.29) is 17.1 Å². The number of hydrogen-bond acceptors (Lipinski definition) is 6. The van der Waals surface area contributed by atoms with Crippen molar-refractivity contribution in [1.29, 1.82) is 0 Å². The molecule has 7 nitrogen and oxygen atoms in total. The van der Waals surface area contributed by atoms with Crippen molar-refractivity contribution < 1.29 is 4.79 Å². The summed E-state index contributed by atoms with van der Waals surface area (Å²) in [5.41, 5.74) is 7.84. The highest BCUT2D eigenvalue weighted by atomic mass is 32.2. The predicted octanol–water partition coefficient (Wildman–Crippen LogP) is 5.18. The first kappa shape index (κ1) is 24.3. The Balaban J connectivity index is 1.44. The van der Waals surface area contributed by atoms with Crippen molar-refractivity contribution in [2.45, 2.75) is 38.3 Å². The predicted molar refractivity (Wildman–Crippen MR) is 141 cm³/mol. The molecule has 0 aliphatic carbocycles. The highest BCUT2D eigenvalue weighted by Gasteiger charge is 2.17. The summed E-state index contributed by atoms with van der Waals surface area (Å²) in [6.07, 6.45) is 5.09. The fraction of sp³-hybridized carbons (Fsp3) is 0.222. The van der Waals surface area contributed by atoms with Gasteiger partial charge >= 0.3 is 0 Å². The molecular weight excluding hydrogens is 456 g/mol. The number of benzene rings is 2. The fourth-order valence-corrected chi connectivity index (χ4v) is 4.13. The van der Waals surface area contributed by atoms with Crippen molar-refractivity contribution in [3.8, 4) is 17.1 Å². The van der Waals surface area contributed by atoms with E-state index < -0.39 is 0 Å². The molecular formula is C27H28N6OS. The normalized spacial score (nSPS) is 11.7. The van der Waals surface area contributed by atoms with Gasteiger partial charge in [0.2, 0.25) is 0 Å². The van der Waals surface area contributed by atoms with Crippen LogP contribution in [0, 0.1) is 6.92 Å². The molecule has 0 radical (unpaired) electrons. The lowest BCUT2D eigenvalue weighted by Gasteiger charge is -2.18. The van der Waals surface area contributed by atoms with Gasteiger partial charge in [-0.1, -0.05) is 74.5 Å². The zero-order valence-electron chi connectivity index (χ0n) is 20.3. The summed E-state index contributed by atoms with van der Waals surface area (Å²) in [6, 6.07) is 20.0. The van der Waals surface area contributed by atoms with Gasteiger partial charge in [-0.25, -0.2) is 5.43 Å². The van der Waals surface area contributed by atoms with Crippen molar-refractivity contribution >= 4 is 23.9 Å². The molecule has 4 rings (SSSR count). The molecule has 35 heavy (non-hydrogen) atoms. The van der Waals surface area contributed by atoms with Gasteiger partial charge in [0.15, 0.2) is 11.0 Å². The standard InChI is InChI=1S/C27H28N6OS/c1-19-5-11-23(12-6-19)33-25(21-13-15-28-16-14-21)31-32-26(33)35-18-24(34)30-29-17-20-7-9-22(10-8-20)27(2,3)4/h5-17H,18H2,1-4H3,(H,30,34). The third-order valence-corrected chi connectivity index (χ3v) is 6.30. The van der Waals surface area contributed by atoms with Crippen LogP contribution in [-0.2, 0) is 10.2 Å². The minimum Gasteiger partial charge on any atom is -0.272 e. The van der Waals surface area contributed by atoms with Crippen LogP contribution < -0.4 is 5.43 Å². The number of aryl methyl sites for hydroxylation is 1.